The Morgan fingerprint density at radius 1 is 0.433 bits per heavy atom. The predicted octanol–water partition coefficient (Wildman–Crippen LogP) is 10.9. The largest absolute Gasteiger partial charge is 0.0885 e. The Hall–Kier alpha value is -0.260. The van der Waals surface area contributed by atoms with Gasteiger partial charge in [-0.1, -0.05) is 150 Å². The fourth-order valence-corrected chi connectivity index (χ4v) is 4.48. The molecule has 0 N–H and O–H groups in total. The molecule has 0 nitrogen and oxygen atoms in total. The molecular formula is C30H58. The summed E-state index contributed by atoms with van der Waals surface area (Å²) in [5.41, 5.74) is 0. The van der Waals surface area contributed by atoms with Gasteiger partial charge in [-0.3, -0.25) is 0 Å². The molecular weight excluding hydrogens is 360 g/mol. The van der Waals surface area contributed by atoms with Gasteiger partial charge in [0.05, 0.1) is 0 Å². The Morgan fingerprint density at radius 3 is 1.33 bits per heavy atom. The molecule has 0 heterocycles. The van der Waals surface area contributed by atoms with Crippen LogP contribution in [0.25, 0.3) is 0 Å². The van der Waals surface area contributed by atoms with Crippen molar-refractivity contribution >= 4 is 0 Å². The lowest BCUT2D eigenvalue weighted by Crippen LogP contribution is -1.96. The lowest BCUT2D eigenvalue weighted by molar-refractivity contribution is 0.423. The van der Waals surface area contributed by atoms with E-state index in [0.717, 1.165) is 30.6 Å². The van der Waals surface area contributed by atoms with Crippen LogP contribution in [0.2, 0.25) is 0 Å². The van der Waals surface area contributed by atoms with Crippen LogP contribution < -0.4 is 0 Å². The number of rotatable bonds is 23. The number of allylic oxidation sites excluding steroid dienone is 2. The summed E-state index contributed by atoms with van der Waals surface area (Å²) in [5, 5.41) is 0. The van der Waals surface area contributed by atoms with E-state index in [1.807, 2.05) is 0 Å². The monoisotopic (exact) mass is 418 g/mol. The molecule has 0 spiro atoms. The average Bonchev–Trinajstić information content (AvgIpc) is 2.74. The van der Waals surface area contributed by atoms with Crippen molar-refractivity contribution in [1.82, 2.24) is 0 Å². The average molecular weight is 419 g/mol. The van der Waals surface area contributed by atoms with Crippen LogP contribution >= 0.6 is 0 Å². The van der Waals surface area contributed by atoms with Crippen LogP contribution in [0, 0.1) is 31.6 Å². The molecule has 0 aliphatic heterocycles. The van der Waals surface area contributed by atoms with Crippen molar-refractivity contribution in [3.05, 3.63) is 26.0 Å². The van der Waals surface area contributed by atoms with E-state index in [-0.39, 0.29) is 0 Å². The molecule has 0 aromatic carbocycles. The summed E-state index contributed by atoms with van der Waals surface area (Å²) in [6, 6.07) is 0. The van der Waals surface area contributed by atoms with Gasteiger partial charge in [-0.25, -0.2) is 0 Å². The summed E-state index contributed by atoms with van der Waals surface area (Å²) in [4.78, 5) is 0. The molecule has 0 amide bonds. The van der Waals surface area contributed by atoms with Gasteiger partial charge >= 0.3 is 0 Å². The molecule has 30 heavy (non-hydrogen) atoms. The van der Waals surface area contributed by atoms with E-state index in [4.69, 9.17) is 0 Å². The van der Waals surface area contributed by atoms with Crippen molar-refractivity contribution in [3.63, 3.8) is 0 Å². The second kappa shape index (κ2) is 23.4. The molecule has 0 saturated carbocycles. The van der Waals surface area contributed by atoms with Crippen LogP contribution in [0.1, 0.15) is 149 Å². The number of unbranched alkanes of at least 4 members (excludes halogenated alkanes) is 9. The van der Waals surface area contributed by atoms with Gasteiger partial charge in [-0.15, -0.1) is 0 Å². The maximum absolute atomic E-state index is 3.95. The molecule has 3 atom stereocenters. The fraction of sp³-hybridized carbons (Fsp3) is 0.867. The Morgan fingerprint density at radius 2 is 0.800 bits per heavy atom. The predicted molar refractivity (Wildman–Crippen MR) is 140 cm³/mol. The summed E-state index contributed by atoms with van der Waals surface area (Å²) in [6.45, 7) is 15.2. The summed E-state index contributed by atoms with van der Waals surface area (Å²) < 4.78 is 0. The first-order valence-corrected chi connectivity index (χ1v) is 13.8. The Bertz CT molecular complexity index is 342. The van der Waals surface area contributed by atoms with Crippen molar-refractivity contribution in [2.24, 2.45) is 17.8 Å². The highest BCUT2D eigenvalue weighted by Crippen LogP contribution is 2.20. The van der Waals surface area contributed by atoms with Crippen molar-refractivity contribution in [1.29, 1.82) is 0 Å². The first kappa shape index (κ1) is 29.7. The van der Waals surface area contributed by atoms with Gasteiger partial charge in [0.15, 0.2) is 0 Å². The van der Waals surface area contributed by atoms with Crippen LogP contribution in [0.5, 0.6) is 0 Å². The zero-order valence-electron chi connectivity index (χ0n) is 21.4. The SMILES string of the molecule is [CH2]CCCC(C)CCCCCCC/C=C/CCC(C)CCCCCC(C)CCC[CH2]. The summed E-state index contributed by atoms with van der Waals surface area (Å²) in [7, 11) is 0. The molecule has 0 rings (SSSR count). The first-order valence-electron chi connectivity index (χ1n) is 13.8. The van der Waals surface area contributed by atoms with Gasteiger partial charge in [0, 0.05) is 0 Å². The molecule has 0 aliphatic carbocycles. The molecule has 0 heteroatoms. The Labute approximate surface area is 193 Å². The van der Waals surface area contributed by atoms with Gasteiger partial charge in [0.2, 0.25) is 0 Å². The second-order valence-corrected chi connectivity index (χ2v) is 10.3. The van der Waals surface area contributed by atoms with E-state index < -0.39 is 0 Å². The first-order chi connectivity index (χ1) is 14.6. The minimum Gasteiger partial charge on any atom is -0.0885 e. The van der Waals surface area contributed by atoms with E-state index in [0.29, 0.717) is 0 Å². The zero-order valence-corrected chi connectivity index (χ0v) is 21.4. The van der Waals surface area contributed by atoms with Crippen LogP contribution in [-0.2, 0) is 0 Å². The van der Waals surface area contributed by atoms with Gasteiger partial charge in [-0.05, 0) is 43.4 Å². The molecule has 0 bridgehead atoms. The lowest BCUT2D eigenvalue weighted by atomic mass is 9.94. The van der Waals surface area contributed by atoms with Crippen molar-refractivity contribution < 1.29 is 0 Å². The smallest absolute Gasteiger partial charge is 0.0348 e. The third-order valence-electron chi connectivity index (χ3n) is 6.85. The maximum atomic E-state index is 3.95. The van der Waals surface area contributed by atoms with E-state index in [2.05, 4.69) is 46.8 Å². The normalized spacial score (nSPS) is 15.0. The topological polar surface area (TPSA) is 0 Å². The molecule has 2 radical (unpaired) electrons. The molecule has 0 aliphatic rings. The minimum absolute atomic E-state index is 0.897. The highest BCUT2D eigenvalue weighted by atomic mass is 14.1. The van der Waals surface area contributed by atoms with Crippen molar-refractivity contribution in [2.45, 2.75) is 149 Å². The summed E-state index contributed by atoms with van der Waals surface area (Å²) >= 11 is 0. The van der Waals surface area contributed by atoms with E-state index >= 15 is 0 Å². The van der Waals surface area contributed by atoms with E-state index in [1.165, 1.54) is 116 Å². The van der Waals surface area contributed by atoms with Gasteiger partial charge in [0.1, 0.15) is 0 Å². The lowest BCUT2D eigenvalue weighted by Gasteiger charge is -2.12. The van der Waals surface area contributed by atoms with Gasteiger partial charge in [0.25, 0.3) is 0 Å². The van der Waals surface area contributed by atoms with Crippen molar-refractivity contribution in [2.75, 3.05) is 0 Å². The molecule has 0 aromatic heterocycles. The number of hydrogen-bond donors (Lipinski definition) is 0. The number of hydrogen-bond acceptors (Lipinski definition) is 0. The van der Waals surface area contributed by atoms with E-state index in [9.17, 15) is 0 Å². The Kier molecular flexibility index (Phi) is 23.2. The summed E-state index contributed by atoms with van der Waals surface area (Å²) in [5.74, 6) is 2.72. The van der Waals surface area contributed by atoms with Crippen LogP contribution in [0.4, 0.5) is 0 Å². The fourth-order valence-electron chi connectivity index (χ4n) is 4.48. The third-order valence-corrected chi connectivity index (χ3v) is 6.85. The standard InChI is InChI=1S/C30H58/c1-6-8-22-28(3)24-18-15-13-11-10-12-14-16-19-25-30(5)27-21-17-20-26-29(4)23-9-7-2/h14,16,28-30H,1-2,6-13,15,17-27H2,3-5H3/b16-14+. The van der Waals surface area contributed by atoms with E-state index in [1.54, 1.807) is 0 Å². The van der Waals surface area contributed by atoms with Crippen molar-refractivity contribution in [3.8, 4) is 0 Å². The molecule has 3 unspecified atom stereocenters. The van der Waals surface area contributed by atoms with Crippen LogP contribution in [0.15, 0.2) is 12.2 Å². The highest BCUT2D eigenvalue weighted by molar-refractivity contribution is 4.82. The summed E-state index contributed by atoms with van der Waals surface area (Å²) in [6.07, 6.45) is 32.1. The molecule has 0 fully saturated rings. The highest BCUT2D eigenvalue weighted by Gasteiger charge is 2.04. The molecule has 0 saturated heterocycles. The zero-order chi connectivity index (χ0) is 22.3. The van der Waals surface area contributed by atoms with Crippen LogP contribution in [-0.4, -0.2) is 0 Å². The molecule has 0 aromatic rings. The maximum Gasteiger partial charge on any atom is -0.0348 e. The second-order valence-electron chi connectivity index (χ2n) is 10.3. The molecule has 178 valence electrons. The van der Waals surface area contributed by atoms with Crippen LogP contribution in [0.3, 0.4) is 0 Å². The quantitative estimate of drug-likeness (QED) is 0.114. The van der Waals surface area contributed by atoms with Gasteiger partial charge in [-0.2, -0.15) is 0 Å². The third kappa shape index (κ3) is 22.4. The Balaban J connectivity index is 3.35. The minimum atomic E-state index is 0.897. The van der Waals surface area contributed by atoms with Gasteiger partial charge < -0.3 is 0 Å².